The standard InChI is InChI=1S/C25H24Cl2N2O3S/c1-3-32-21-8-6-5-7-17(21)22-19(26)13-20-24(23(22)27)29-25(28-20)18(14-30)15-9-11-16(12-10-15)33(31)4-2/h5-13,18,30H,3-4,14H2,1-2H3,(H,28,29). The van der Waals surface area contributed by atoms with Crippen molar-refractivity contribution in [2.45, 2.75) is 24.7 Å². The molecule has 2 atom stereocenters. The maximum absolute atomic E-state index is 12.0. The van der Waals surface area contributed by atoms with Crippen LogP contribution in [0, 0.1) is 0 Å². The summed E-state index contributed by atoms with van der Waals surface area (Å²) in [7, 11) is -1.03. The van der Waals surface area contributed by atoms with Gasteiger partial charge in [0.2, 0.25) is 0 Å². The fourth-order valence-corrected chi connectivity index (χ4v) is 5.31. The molecule has 2 N–H and O–H groups in total. The lowest BCUT2D eigenvalue weighted by Gasteiger charge is -2.13. The molecule has 1 aromatic heterocycles. The van der Waals surface area contributed by atoms with Gasteiger partial charge in [0.25, 0.3) is 0 Å². The minimum Gasteiger partial charge on any atom is -0.493 e. The summed E-state index contributed by atoms with van der Waals surface area (Å²) in [6, 6.07) is 16.8. The number of aromatic amines is 1. The highest BCUT2D eigenvalue weighted by atomic mass is 35.5. The van der Waals surface area contributed by atoms with E-state index in [1.807, 2.05) is 62.4 Å². The molecule has 0 aliphatic carbocycles. The molecule has 8 heteroatoms. The molecule has 0 saturated carbocycles. The van der Waals surface area contributed by atoms with Crippen LogP contribution < -0.4 is 4.74 Å². The van der Waals surface area contributed by atoms with E-state index in [0.717, 1.165) is 16.0 Å². The van der Waals surface area contributed by atoms with E-state index in [4.69, 9.17) is 32.9 Å². The molecular formula is C25H24Cl2N2O3S. The second kappa shape index (κ2) is 10.3. The van der Waals surface area contributed by atoms with Gasteiger partial charge in [0, 0.05) is 21.8 Å². The van der Waals surface area contributed by atoms with Crippen molar-refractivity contribution in [3.05, 3.63) is 76.0 Å². The summed E-state index contributed by atoms with van der Waals surface area (Å²) in [5.74, 6) is 1.43. The highest BCUT2D eigenvalue weighted by molar-refractivity contribution is 7.85. The summed E-state index contributed by atoms with van der Waals surface area (Å²) in [5, 5.41) is 11.0. The van der Waals surface area contributed by atoms with E-state index in [9.17, 15) is 9.32 Å². The van der Waals surface area contributed by atoms with Crippen LogP contribution in [0.3, 0.4) is 0 Å². The molecule has 4 rings (SSSR count). The summed E-state index contributed by atoms with van der Waals surface area (Å²) in [4.78, 5) is 8.75. The van der Waals surface area contributed by atoms with Gasteiger partial charge in [-0.05, 0) is 36.8 Å². The number of rotatable bonds is 8. The van der Waals surface area contributed by atoms with Crippen LogP contribution in [0.4, 0.5) is 0 Å². The molecule has 4 aromatic rings. The molecule has 172 valence electrons. The molecule has 33 heavy (non-hydrogen) atoms. The maximum atomic E-state index is 12.0. The Morgan fingerprint density at radius 2 is 1.85 bits per heavy atom. The third-order valence-corrected chi connectivity index (χ3v) is 7.45. The van der Waals surface area contributed by atoms with E-state index in [-0.39, 0.29) is 6.61 Å². The van der Waals surface area contributed by atoms with Crippen molar-refractivity contribution >= 4 is 45.0 Å². The van der Waals surface area contributed by atoms with Gasteiger partial charge in [0.1, 0.15) is 17.1 Å². The van der Waals surface area contributed by atoms with Gasteiger partial charge in [0.05, 0.1) is 45.5 Å². The Kier molecular flexibility index (Phi) is 7.39. The fraction of sp³-hybridized carbons (Fsp3) is 0.240. The van der Waals surface area contributed by atoms with Gasteiger partial charge in [-0.1, -0.05) is 60.5 Å². The van der Waals surface area contributed by atoms with Gasteiger partial charge < -0.3 is 14.8 Å². The highest BCUT2D eigenvalue weighted by Crippen LogP contribution is 2.43. The minimum atomic E-state index is -1.03. The minimum absolute atomic E-state index is 0.151. The number of imidazole rings is 1. The molecule has 0 bridgehead atoms. The zero-order valence-electron chi connectivity index (χ0n) is 18.3. The average molecular weight is 503 g/mol. The number of fused-ring (bicyclic) bond motifs is 1. The summed E-state index contributed by atoms with van der Waals surface area (Å²) < 4.78 is 17.8. The Hall–Kier alpha value is -2.38. The third kappa shape index (κ3) is 4.66. The number of benzene rings is 3. The van der Waals surface area contributed by atoms with E-state index < -0.39 is 16.7 Å². The van der Waals surface area contributed by atoms with Gasteiger partial charge in [-0.2, -0.15) is 0 Å². The summed E-state index contributed by atoms with van der Waals surface area (Å²) >= 11 is 13.5. The van der Waals surface area contributed by atoms with Crippen LogP contribution in [0.25, 0.3) is 22.2 Å². The van der Waals surface area contributed by atoms with Gasteiger partial charge in [-0.25, -0.2) is 4.98 Å². The van der Waals surface area contributed by atoms with Crippen molar-refractivity contribution in [2.24, 2.45) is 0 Å². The van der Waals surface area contributed by atoms with Crippen LogP contribution >= 0.6 is 23.2 Å². The van der Waals surface area contributed by atoms with Crippen LogP contribution in [0.2, 0.25) is 10.0 Å². The van der Waals surface area contributed by atoms with Crippen molar-refractivity contribution in [1.82, 2.24) is 9.97 Å². The number of aliphatic hydroxyl groups is 1. The van der Waals surface area contributed by atoms with E-state index in [0.29, 0.717) is 50.6 Å². The number of H-pyrrole nitrogens is 1. The Labute approximate surface area is 205 Å². The topological polar surface area (TPSA) is 75.2 Å². The highest BCUT2D eigenvalue weighted by Gasteiger charge is 2.22. The predicted molar refractivity (Wildman–Crippen MR) is 135 cm³/mol. The molecule has 0 spiro atoms. The summed E-state index contributed by atoms with van der Waals surface area (Å²) in [6.45, 7) is 4.17. The number of hydrogen-bond donors (Lipinski definition) is 2. The van der Waals surface area contributed by atoms with Gasteiger partial charge in [-0.3, -0.25) is 4.21 Å². The Balaban J connectivity index is 1.78. The molecule has 2 unspecified atom stereocenters. The van der Waals surface area contributed by atoms with E-state index in [1.54, 1.807) is 6.07 Å². The lowest BCUT2D eigenvalue weighted by atomic mass is 9.99. The number of aromatic nitrogens is 2. The molecule has 0 fully saturated rings. The lowest BCUT2D eigenvalue weighted by Crippen LogP contribution is -2.08. The zero-order chi connectivity index (χ0) is 23.5. The van der Waals surface area contributed by atoms with Crippen molar-refractivity contribution in [2.75, 3.05) is 19.0 Å². The monoisotopic (exact) mass is 502 g/mol. The Bertz CT molecular complexity index is 1310. The molecule has 0 aliphatic rings. The first-order valence-electron chi connectivity index (χ1n) is 10.7. The van der Waals surface area contributed by atoms with Crippen molar-refractivity contribution in [1.29, 1.82) is 0 Å². The normalized spacial score (nSPS) is 13.2. The quantitative estimate of drug-likeness (QED) is 0.301. The fourth-order valence-electron chi connectivity index (χ4n) is 3.83. The molecule has 0 aliphatic heterocycles. The van der Waals surface area contributed by atoms with Crippen molar-refractivity contribution in [3.63, 3.8) is 0 Å². The number of hydrogen-bond acceptors (Lipinski definition) is 4. The largest absolute Gasteiger partial charge is 0.493 e. The van der Waals surface area contributed by atoms with E-state index >= 15 is 0 Å². The molecule has 5 nitrogen and oxygen atoms in total. The number of nitrogens with one attached hydrogen (secondary N) is 1. The second-order valence-corrected chi connectivity index (χ2v) is 9.96. The van der Waals surface area contributed by atoms with Gasteiger partial charge >= 0.3 is 0 Å². The number of halogens is 2. The first kappa shape index (κ1) is 23.8. The van der Waals surface area contributed by atoms with Crippen LogP contribution in [-0.2, 0) is 10.8 Å². The number of nitrogens with zero attached hydrogens (tertiary/aromatic N) is 1. The van der Waals surface area contributed by atoms with Crippen LogP contribution in [0.1, 0.15) is 31.2 Å². The van der Waals surface area contributed by atoms with Crippen molar-refractivity contribution < 1.29 is 14.1 Å². The van der Waals surface area contributed by atoms with Crippen LogP contribution in [-0.4, -0.2) is 38.3 Å². The molecule has 0 amide bonds. The summed E-state index contributed by atoms with van der Waals surface area (Å²) in [6.07, 6.45) is 0. The molecule has 1 heterocycles. The second-order valence-electron chi connectivity index (χ2n) is 7.43. The molecule has 0 saturated heterocycles. The number of para-hydroxylation sites is 1. The molecule has 3 aromatic carbocycles. The molecular weight excluding hydrogens is 479 g/mol. The Morgan fingerprint density at radius 3 is 2.52 bits per heavy atom. The Morgan fingerprint density at radius 1 is 1.12 bits per heavy atom. The van der Waals surface area contributed by atoms with Gasteiger partial charge in [-0.15, -0.1) is 0 Å². The SMILES string of the molecule is CCOc1ccccc1-c1c(Cl)cc2[nH]c(C(CO)c3ccc(S(=O)CC)cc3)nc2c1Cl. The lowest BCUT2D eigenvalue weighted by molar-refractivity contribution is 0.277. The van der Waals surface area contributed by atoms with Crippen LogP contribution in [0.5, 0.6) is 5.75 Å². The number of ether oxygens (including phenoxy) is 1. The van der Waals surface area contributed by atoms with E-state index in [1.165, 1.54) is 0 Å². The van der Waals surface area contributed by atoms with Crippen LogP contribution in [0.15, 0.2) is 59.5 Å². The number of aliphatic hydroxyl groups excluding tert-OH is 1. The van der Waals surface area contributed by atoms with Gasteiger partial charge in [0.15, 0.2) is 0 Å². The van der Waals surface area contributed by atoms with Crippen molar-refractivity contribution in [3.8, 4) is 16.9 Å². The zero-order valence-corrected chi connectivity index (χ0v) is 20.6. The third-order valence-electron chi connectivity index (χ3n) is 5.46. The first-order chi connectivity index (χ1) is 16.0. The maximum Gasteiger partial charge on any atom is 0.127 e. The van der Waals surface area contributed by atoms with E-state index in [2.05, 4.69) is 4.98 Å². The predicted octanol–water partition coefficient (Wildman–Crippen LogP) is 6.19. The average Bonchev–Trinajstić information content (AvgIpc) is 3.24. The smallest absolute Gasteiger partial charge is 0.127 e. The summed E-state index contributed by atoms with van der Waals surface area (Å²) in [5.41, 5.74) is 3.55. The molecule has 0 radical (unpaired) electrons. The first-order valence-corrected chi connectivity index (χ1v) is 12.7.